The number of halogens is 3. The summed E-state index contributed by atoms with van der Waals surface area (Å²) >= 11 is 0. The van der Waals surface area contributed by atoms with Gasteiger partial charge in [0.15, 0.2) is 6.61 Å². The van der Waals surface area contributed by atoms with Crippen molar-refractivity contribution in [1.29, 1.82) is 0 Å². The number of amides is 1. The molecule has 9 heteroatoms. The minimum atomic E-state index is -4.47. The highest BCUT2D eigenvalue weighted by Crippen LogP contribution is 2.29. The van der Waals surface area contributed by atoms with Crippen LogP contribution in [0.5, 0.6) is 0 Å². The van der Waals surface area contributed by atoms with Crippen molar-refractivity contribution in [1.82, 2.24) is 4.90 Å². The van der Waals surface area contributed by atoms with E-state index >= 15 is 0 Å². The Kier molecular flexibility index (Phi) is 7.81. The van der Waals surface area contributed by atoms with Crippen LogP contribution in [-0.2, 0) is 30.0 Å². The van der Waals surface area contributed by atoms with E-state index < -0.39 is 30.2 Å². The third-order valence-corrected chi connectivity index (χ3v) is 4.43. The highest BCUT2D eigenvalue weighted by atomic mass is 19.4. The Hall–Kier alpha value is -2.84. The van der Waals surface area contributed by atoms with Crippen molar-refractivity contribution in [3.63, 3.8) is 0 Å². The number of ether oxygens (including phenoxy) is 2. The Labute approximate surface area is 166 Å². The zero-order chi connectivity index (χ0) is 21.4. The van der Waals surface area contributed by atoms with Gasteiger partial charge in [-0.05, 0) is 43.5 Å². The molecule has 1 aromatic carbocycles. The van der Waals surface area contributed by atoms with E-state index in [0.29, 0.717) is 32.5 Å². The third kappa shape index (κ3) is 6.92. The van der Waals surface area contributed by atoms with Gasteiger partial charge >= 0.3 is 18.1 Å². The molecule has 0 radical (unpaired) electrons. The number of nitrogens with zero attached hydrogens (tertiary/aromatic N) is 1. The van der Waals surface area contributed by atoms with Crippen molar-refractivity contribution in [3.05, 3.63) is 41.5 Å². The summed E-state index contributed by atoms with van der Waals surface area (Å²) in [6.07, 6.45) is -1.36. The number of hydrogen-bond acceptors (Lipinski definition) is 5. The fourth-order valence-corrected chi connectivity index (χ4v) is 2.88. The van der Waals surface area contributed by atoms with Crippen LogP contribution < -0.4 is 0 Å². The monoisotopic (exact) mass is 413 g/mol. The molecule has 1 saturated heterocycles. The second-order valence-electron chi connectivity index (χ2n) is 6.47. The predicted molar refractivity (Wildman–Crippen MR) is 97.4 cm³/mol. The number of hydrogen-bond donors (Lipinski definition) is 0. The van der Waals surface area contributed by atoms with Crippen molar-refractivity contribution >= 4 is 23.9 Å². The van der Waals surface area contributed by atoms with Crippen molar-refractivity contribution in [2.75, 3.05) is 26.3 Å². The van der Waals surface area contributed by atoms with Gasteiger partial charge in [-0.15, -0.1) is 0 Å². The lowest BCUT2D eigenvalue weighted by Gasteiger charge is -2.30. The SMILES string of the molecule is CCOC(=O)C1CCN(C(=O)COC(=O)/C=C/c2cccc(C(F)(F)F)c2)CC1. The van der Waals surface area contributed by atoms with Gasteiger partial charge in [0, 0.05) is 19.2 Å². The maximum absolute atomic E-state index is 12.7. The molecule has 6 nitrogen and oxygen atoms in total. The maximum Gasteiger partial charge on any atom is 0.416 e. The van der Waals surface area contributed by atoms with E-state index in [1.54, 1.807) is 6.92 Å². The van der Waals surface area contributed by atoms with E-state index in [1.807, 2.05) is 0 Å². The predicted octanol–water partition coefficient (Wildman–Crippen LogP) is 3.06. The average Bonchev–Trinajstić information content (AvgIpc) is 2.70. The average molecular weight is 413 g/mol. The quantitative estimate of drug-likeness (QED) is 0.530. The Morgan fingerprint density at radius 3 is 2.48 bits per heavy atom. The van der Waals surface area contributed by atoms with Crippen molar-refractivity contribution in [3.8, 4) is 0 Å². The normalized spacial score (nSPS) is 15.4. The van der Waals surface area contributed by atoms with Crippen LogP contribution in [0.1, 0.15) is 30.9 Å². The topological polar surface area (TPSA) is 72.9 Å². The lowest BCUT2D eigenvalue weighted by molar-refractivity contribution is -0.153. The Morgan fingerprint density at radius 1 is 1.17 bits per heavy atom. The van der Waals surface area contributed by atoms with E-state index in [2.05, 4.69) is 0 Å². The summed E-state index contributed by atoms with van der Waals surface area (Å²) in [6, 6.07) is 4.48. The molecule has 0 atom stereocenters. The molecule has 0 N–H and O–H groups in total. The van der Waals surface area contributed by atoms with Crippen LogP contribution in [-0.4, -0.2) is 49.0 Å². The molecule has 0 bridgehead atoms. The van der Waals surface area contributed by atoms with Gasteiger partial charge in [0.05, 0.1) is 18.1 Å². The molecule has 1 amide bonds. The number of carbonyl (C=O) groups excluding carboxylic acids is 3. The van der Waals surface area contributed by atoms with Crippen molar-refractivity contribution < 1.29 is 37.0 Å². The van der Waals surface area contributed by atoms with Gasteiger partial charge in [-0.2, -0.15) is 13.2 Å². The molecule has 1 aromatic rings. The smallest absolute Gasteiger partial charge is 0.416 e. The first-order valence-corrected chi connectivity index (χ1v) is 9.17. The van der Waals surface area contributed by atoms with Gasteiger partial charge in [0.1, 0.15) is 0 Å². The molecular weight excluding hydrogens is 391 g/mol. The van der Waals surface area contributed by atoms with Gasteiger partial charge < -0.3 is 14.4 Å². The molecule has 1 aliphatic rings. The van der Waals surface area contributed by atoms with E-state index in [9.17, 15) is 27.6 Å². The molecule has 0 spiro atoms. The molecule has 0 saturated carbocycles. The van der Waals surface area contributed by atoms with Gasteiger partial charge in [0.2, 0.25) is 0 Å². The molecule has 158 valence electrons. The van der Waals surface area contributed by atoms with Crippen LogP contribution >= 0.6 is 0 Å². The Morgan fingerprint density at radius 2 is 1.86 bits per heavy atom. The van der Waals surface area contributed by atoms with Crippen molar-refractivity contribution in [2.45, 2.75) is 25.9 Å². The molecule has 0 aliphatic carbocycles. The molecule has 0 aromatic heterocycles. The molecule has 29 heavy (non-hydrogen) atoms. The number of rotatable bonds is 6. The molecule has 1 fully saturated rings. The largest absolute Gasteiger partial charge is 0.466 e. The van der Waals surface area contributed by atoms with Gasteiger partial charge in [-0.1, -0.05) is 12.1 Å². The van der Waals surface area contributed by atoms with Crippen LogP contribution in [0.25, 0.3) is 6.08 Å². The van der Waals surface area contributed by atoms with Crippen LogP contribution in [0, 0.1) is 5.92 Å². The molecule has 1 heterocycles. The number of benzene rings is 1. The number of likely N-dealkylation sites (tertiary alicyclic amines) is 1. The first-order chi connectivity index (χ1) is 13.7. The summed E-state index contributed by atoms with van der Waals surface area (Å²) in [5, 5.41) is 0. The van der Waals surface area contributed by atoms with Crippen molar-refractivity contribution in [2.24, 2.45) is 5.92 Å². The highest BCUT2D eigenvalue weighted by Gasteiger charge is 2.30. The minimum Gasteiger partial charge on any atom is -0.466 e. The lowest BCUT2D eigenvalue weighted by Crippen LogP contribution is -2.42. The van der Waals surface area contributed by atoms with Gasteiger partial charge in [-0.3, -0.25) is 9.59 Å². The van der Waals surface area contributed by atoms with Crippen LogP contribution in [0.15, 0.2) is 30.3 Å². The number of piperidine rings is 1. The lowest BCUT2D eigenvalue weighted by atomic mass is 9.97. The summed E-state index contributed by atoms with van der Waals surface area (Å²) < 4.78 is 47.9. The molecule has 2 rings (SSSR count). The first-order valence-electron chi connectivity index (χ1n) is 9.17. The summed E-state index contributed by atoms with van der Waals surface area (Å²) in [5.74, 6) is -1.74. The zero-order valence-electron chi connectivity index (χ0n) is 15.9. The summed E-state index contributed by atoms with van der Waals surface area (Å²) in [6.45, 7) is 2.28. The molecule has 0 unspecified atom stereocenters. The standard InChI is InChI=1S/C20H22F3NO5/c1-2-28-19(27)15-8-10-24(11-9-15)17(25)13-29-18(26)7-6-14-4-3-5-16(12-14)20(21,22)23/h3-7,12,15H,2,8-11,13H2,1H3/b7-6+. The summed E-state index contributed by atoms with van der Waals surface area (Å²) in [7, 11) is 0. The Bertz CT molecular complexity index is 768. The van der Waals surface area contributed by atoms with E-state index in [-0.39, 0.29) is 17.5 Å². The third-order valence-electron chi connectivity index (χ3n) is 4.43. The molecular formula is C20H22F3NO5. The van der Waals surface area contributed by atoms with E-state index in [1.165, 1.54) is 23.1 Å². The van der Waals surface area contributed by atoms with Gasteiger partial charge in [-0.25, -0.2) is 4.79 Å². The summed E-state index contributed by atoms with van der Waals surface area (Å²) in [4.78, 5) is 37.0. The Balaban J connectivity index is 1.79. The second kappa shape index (κ2) is 10.1. The number of alkyl halides is 3. The minimum absolute atomic E-state index is 0.184. The molecule has 1 aliphatic heterocycles. The zero-order valence-corrected chi connectivity index (χ0v) is 15.9. The maximum atomic E-state index is 12.7. The fourth-order valence-electron chi connectivity index (χ4n) is 2.88. The van der Waals surface area contributed by atoms with Crippen LogP contribution in [0.4, 0.5) is 13.2 Å². The second-order valence-corrected chi connectivity index (χ2v) is 6.47. The fraction of sp³-hybridized carbons (Fsp3) is 0.450. The number of carbonyl (C=O) groups is 3. The first kappa shape index (κ1) is 22.4. The van der Waals surface area contributed by atoms with E-state index in [4.69, 9.17) is 9.47 Å². The van der Waals surface area contributed by atoms with Gasteiger partial charge in [0.25, 0.3) is 5.91 Å². The van der Waals surface area contributed by atoms with Crippen LogP contribution in [0.3, 0.4) is 0 Å². The number of esters is 2. The van der Waals surface area contributed by atoms with Crippen LogP contribution in [0.2, 0.25) is 0 Å². The summed E-state index contributed by atoms with van der Waals surface area (Å²) in [5.41, 5.74) is -0.640. The highest BCUT2D eigenvalue weighted by molar-refractivity contribution is 5.89. The van der Waals surface area contributed by atoms with E-state index in [0.717, 1.165) is 18.2 Å².